The van der Waals surface area contributed by atoms with Crippen molar-refractivity contribution in [1.82, 2.24) is 0 Å². The lowest BCUT2D eigenvalue weighted by molar-refractivity contribution is 0.206. The van der Waals surface area contributed by atoms with Crippen molar-refractivity contribution < 1.29 is 13.9 Å². The van der Waals surface area contributed by atoms with Crippen LogP contribution < -0.4 is 9.47 Å². The number of unbranched alkanes of at least 4 members (excludes halogenated alkanes) is 9. The minimum atomic E-state index is -0.222. The first-order valence-corrected chi connectivity index (χ1v) is 14.9. The summed E-state index contributed by atoms with van der Waals surface area (Å²) in [6.07, 6.45) is 15.2. The second-order valence-electron chi connectivity index (χ2n) is 10.5. The van der Waals surface area contributed by atoms with Crippen molar-refractivity contribution >= 4 is 0 Å². The zero-order valence-corrected chi connectivity index (χ0v) is 23.8. The van der Waals surface area contributed by atoms with Crippen molar-refractivity contribution in [3.05, 3.63) is 72.5 Å². The second kappa shape index (κ2) is 16.9. The molecule has 0 radical (unpaired) electrons. The summed E-state index contributed by atoms with van der Waals surface area (Å²) in [5.74, 6) is 1.48. The Balaban J connectivity index is 1.47. The van der Waals surface area contributed by atoms with Gasteiger partial charge in [-0.15, -0.1) is 0 Å². The maximum atomic E-state index is 15.1. The van der Waals surface area contributed by atoms with Gasteiger partial charge in [-0.2, -0.15) is 0 Å². The van der Waals surface area contributed by atoms with Gasteiger partial charge in [-0.1, -0.05) is 108 Å². The van der Waals surface area contributed by atoms with Crippen LogP contribution in [0.5, 0.6) is 11.5 Å². The van der Waals surface area contributed by atoms with Gasteiger partial charge >= 0.3 is 0 Å². The molecule has 0 saturated carbocycles. The van der Waals surface area contributed by atoms with E-state index in [1.54, 1.807) is 6.07 Å². The van der Waals surface area contributed by atoms with Crippen LogP contribution in [-0.4, -0.2) is 12.7 Å². The van der Waals surface area contributed by atoms with Crippen LogP contribution in [0.4, 0.5) is 4.39 Å². The number of benzene rings is 3. The molecule has 0 aliphatic rings. The molecule has 0 fully saturated rings. The molecular weight excluding hydrogens is 471 g/mol. The fourth-order valence-corrected chi connectivity index (χ4v) is 4.78. The number of rotatable bonds is 18. The summed E-state index contributed by atoms with van der Waals surface area (Å²) in [7, 11) is 0. The van der Waals surface area contributed by atoms with Crippen LogP contribution >= 0.6 is 0 Å². The summed E-state index contributed by atoms with van der Waals surface area (Å²) in [6, 6.07) is 21.2. The molecule has 38 heavy (non-hydrogen) atoms. The van der Waals surface area contributed by atoms with Crippen LogP contribution in [0.1, 0.15) is 97.8 Å². The Morgan fingerprint density at radius 2 is 1.16 bits per heavy atom. The number of ether oxygens (including phenoxy) is 2. The van der Waals surface area contributed by atoms with Gasteiger partial charge in [0.1, 0.15) is 17.3 Å². The SMILES string of the molecule is CCCCCCCCCCOc1ccc(-c2ccc(-c3ccc(O[C@H](C)CCCCC)cc3)cc2F)cc1. The van der Waals surface area contributed by atoms with Crippen molar-refractivity contribution in [2.75, 3.05) is 6.61 Å². The molecule has 0 aromatic heterocycles. The van der Waals surface area contributed by atoms with E-state index in [9.17, 15) is 0 Å². The molecule has 0 unspecified atom stereocenters. The molecule has 1 atom stereocenters. The monoisotopic (exact) mass is 518 g/mol. The maximum absolute atomic E-state index is 15.1. The van der Waals surface area contributed by atoms with Gasteiger partial charge in [0.05, 0.1) is 12.7 Å². The highest BCUT2D eigenvalue weighted by Crippen LogP contribution is 2.30. The molecule has 0 saturated heterocycles. The average Bonchev–Trinajstić information content (AvgIpc) is 2.93. The van der Waals surface area contributed by atoms with Crippen LogP contribution in [0.3, 0.4) is 0 Å². The van der Waals surface area contributed by atoms with Crippen molar-refractivity contribution in [3.63, 3.8) is 0 Å². The quantitative estimate of drug-likeness (QED) is 0.156. The zero-order chi connectivity index (χ0) is 27.0. The second-order valence-corrected chi connectivity index (χ2v) is 10.5. The summed E-state index contributed by atoms with van der Waals surface area (Å²) in [5, 5.41) is 0. The third kappa shape index (κ3) is 10.2. The lowest BCUT2D eigenvalue weighted by Gasteiger charge is -2.15. The smallest absolute Gasteiger partial charge is 0.131 e. The van der Waals surface area contributed by atoms with Gasteiger partial charge in [0.15, 0.2) is 0 Å². The van der Waals surface area contributed by atoms with Crippen LogP contribution in [0, 0.1) is 5.82 Å². The third-order valence-electron chi connectivity index (χ3n) is 7.14. The van der Waals surface area contributed by atoms with Gasteiger partial charge in [0, 0.05) is 5.56 Å². The summed E-state index contributed by atoms with van der Waals surface area (Å²) in [5.41, 5.74) is 3.30. The topological polar surface area (TPSA) is 18.5 Å². The first-order chi connectivity index (χ1) is 18.6. The Morgan fingerprint density at radius 3 is 1.82 bits per heavy atom. The summed E-state index contributed by atoms with van der Waals surface area (Å²) in [4.78, 5) is 0. The predicted octanol–water partition coefficient (Wildman–Crippen LogP) is 11.0. The van der Waals surface area contributed by atoms with Gasteiger partial charge in [-0.25, -0.2) is 4.39 Å². The summed E-state index contributed by atoms with van der Waals surface area (Å²) >= 11 is 0. The lowest BCUT2D eigenvalue weighted by atomic mass is 9.99. The molecule has 3 rings (SSSR count). The molecule has 0 bridgehead atoms. The molecule has 2 nitrogen and oxygen atoms in total. The standard InChI is InChI=1S/C35H47FO2/c1-4-6-8-9-10-11-12-14-26-37-32-21-18-30(19-22-32)34-25-20-31(27-35(34)36)29-16-23-33(24-17-29)38-28(3)15-13-7-5-2/h16-25,27-28H,4-15,26H2,1-3H3/t28-/m1/s1. The van der Waals surface area contributed by atoms with E-state index in [4.69, 9.17) is 9.47 Å². The Labute approximate surface area is 230 Å². The van der Waals surface area contributed by atoms with E-state index in [1.807, 2.05) is 60.7 Å². The van der Waals surface area contributed by atoms with E-state index in [0.717, 1.165) is 47.6 Å². The van der Waals surface area contributed by atoms with E-state index >= 15 is 4.39 Å². The minimum absolute atomic E-state index is 0.200. The Hall–Kier alpha value is -2.81. The third-order valence-corrected chi connectivity index (χ3v) is 7.14. The predicted molar refractivity (Wildman–Crippen MR) is 160 cm³/mol. The molecule has 3 heteroatoms. The van der Waals surface area contributed by atoms with Crippen molar-refractivity contribution in [1.29, 1.82) is 0 Å². The van der Waals surface area contributed by atoms with E-state index < -0.39 is 0 Å². The lowest BCUT2D eigenvalue weighted by Crippen LogP contribution is -2.11. The van der Waals surface area contributed by atoms with Crippen molar-refractivity contribution in [2.45, 2.75) is 104 Å². The van der Waals surface area contributed by atoms with Gasteiger partial charge in [0.25, 0.3) is 0 Å². The van der Waals surface area contributed by atoms with Crippen LogP contribution in [0.2, 0.25) is 0 Å². The van der Waals surface area contributed by atoms with E-state index in [-0.39, 0.29) is 11.9 Å². The fourth-order valence-electron chi connectivity index (χ4n) is 4.78. The average molecular weight is 519 g/mol. The Morgan fingerprint density at radius 1 is 0.605 bits per heavy atom. The van der Waals surface area contributed by atoms with E-state index in [0.29, 0.717) is 5.56 Å². The molecule has 0 aliphatic carbocycles. The Bertz CT molecular complexity index is 1040. The fraction of sp³-hybridized carbons (Fsp3) is 0.486. The zero-order valence-electron chi connectivity index (χ0n) is 23.8. The first-order valence-electron chi connectivity index (χ1n) is 14.9. The summed E-state index contributed by atoms with van der Waals surface area (Å²) < 4.78 is 27.0. The van der Waals surface area contributed by atoms with Gasteiger partial charge in [-0.3, -0.25) is 0 Å². The molecule has 3 aromatic carbocycles. The molecule has 0 amide bonds. The molecule has 206 valence electrons. The molecule has 0 spiro atoms. The van der Waals surface area contributed by atoms with Gasteiger partial charge in [0.2, 0.25) is 0 Å². The van der Waals surface area contributed by atoms with E-state index in [2.05, 4.69) is 20.8 Å². The molecule has 0 heterocycles. The minimum Gasteiger partial charge on any atom is -0.494 e. The van der Waals surface area contributed by atoms with Crippen LogP contribution in [0.15, 0.2) is 66.7 Å². The Kier molecular flexibility index (Phi) is 13.2. The highest BCUT2D eigenvalue weighted by atomic mass is 19.1. The molecule has 0 aliphatic heterocycles. The van der Waals surface area contributed by atoms with Crippen molar-refractivity contribution in [2.24, 2.45) is 0 Å². The van der Waals surface area contributed by atoms with Crippen LogP contribution in [0.25, 0.3) is 22.3 Å². The molecule has 0 N–H and O–H groups in total. The number of halogens is 1. The van der Waals surface area contributed by atoms with Crippen molar-refractivity contribution in [3.8, 4) is 33.8 Å². The van der Waals surface area contributed by atoms with E-state index in [1.165, 1.54) is 64.2 Å². The van der Waals surface area contributed by atoms with Gasteiger partial charge < -0.3 is 9.47 Å². The number of hydrogen-bond acceptors (Lipinski definition) is 2. The maximum Gasteiger partial charge on any atom is 0.131 e. The van der Waals surface area contributed by atoms with Crippen LogP contribution in [-0.2, 0) is 0 Å². The number of hydrogen-bond donors (Lipinski definition) is 0. The molecular formula is C35H47FO2. The van der Waals surface area contributed by atoms with Gasteiger partial charge in [-0.05, 0) is 73.2 Å². The largest absolute Gasteiger partial charge is 0.494 e. The highest BCUT2D eigenvalue weighted by molar-refractivity contribution is 5.71. The highest BCUT2D eigenvalue weighted by Gasteiger charge is 2.09. The first kappa shape index (κ1) is 29.7. The summed E-state index contributed by atoms with van der Waals surface area (Å²) in [6.45, 7) is 7.32. The molecule has 3 aromatic rings. The normalized spacial score (nSPS) is 11.9.